The van der Waals surface area contributed by atoms with Gasteiger partial charge in [0.25, 0.3) is 17.2 Å². The molecule has 3 aromatic heterocycles. The van der Waals surface area contributed by atoms with Crippen LogP contribution < -0.4 is 17.0 Å². The number of hydrogen-bond donors (Lipinski definition) is 4. The molecule has 0 saturated carbocycles. The van der Waals surface area contributed by atoms with Crippen molar-refractivity contribution in [2.24, 2.45) is 5.73 Å². The molecule has 4 unspecified atom stereocenters. The van der Waals surface area contributed by atoms with Gasteiger partial charge in [0.05, 0.1) is 18.0 Å². The van der Waals surface area contributed by atoms with Crippen LogP contribution in [0.25, 0.3) is 0 Å². The fourth-order valence-corrected chi connectivity index (χ4v) is 4.74. The fraction of sp³-hybridized carbons (Fsp3) is 0.407. The van der Waals surface area contributed by atoms with Gasteiger partial charge in [-0.3, -0.25) is 38.8 Å². The van der Waals surface area contributed by atoms with Gasteiger partial charge in [0.2, 0.25) is 0 Å². The molecule has 3 aromatic rings. The molecule has 1 amide bonds. The second-order valence-corrected chi connectivity index (χ2v) is 9.59. The lowest BCUT2D eigenvalue weighted by Crippen LogP contribution is -2.60. The molecule has 0 spiro atoms. The van der Waals surface area contributed by atoms with Crippen molar-refractivity contribution < 1.29 is 29.3 Å². The number of amides is 1. The molecule has 4 heterocycles. The predicted molar refractivity (Wildman–Crippen MR) is 143 cm³/mol. The quantitative estimate of drug-likeness (QED) is 0.145. The average Bonchev–Trinajstić information content (AvgIpc) is 3.24. The monoisotopic (exact) mass is 568 g/mol. The maximum absolute atomic E-state index is 12.9. The number of unbranched alkanes of at least 4 members (excludes halogenated alkanes) is 1. The Morgan fingerprint density at radius 3 is 2.27 bits per heavy atom. The number of nitrogens with zero attached hydrogens (tertiary/aromatic N) is 4. The Hall–Kier alpha value is -4.24. The Bertz CT molecular complexity index is 1390. The highest BCUT2D eigenvalue weighted by atomic mass is 16.6. The summed E-state index contributed by atoms with van der Waals surface area (Å²) in [6.07, 6.45) is 0.444. The largest absolute Gasteiger partial charge is 0.454 e. The van der Waals surface area contributed by atoms with Crippen LogP contribution in [0.5, 0.6) is 0 Å². The SMILES string of the molecule is NC(=O)C1(n2ccc(=O)[nH]c2=O)OC(CO)C(O)C1OC(=O)CCCCN(Cc1ccccn1)Cc1ccccn1. The summed E-state index contributed by atoms with van der Waals surface area (Å²) in [5, 5.41) is 20.4. The van der Waals surface area contributed by atoms with E-state index in [-0.39, 0.29) is 6.42 Å². The third kappa shape index (κ3) is 6.92. The summed E-state index contributed by atoms with van der Waals surface area (Å²) in [4.78, 5) is 62.5. The number of pyridine rings is 2. The molecule has 0 aliphatic carbocycles. The lowest BCUT2D eigenvalue weighted by Gasteiger charge is -2.32. The van der Waals surface area contributed by atoms with E-state index in [1.807, 2.05) is 41.4 Å². The van der Waals surface area contributed by atoms with Crippen LogP contribution in [0.1, 0.15) is 30.7 Å². The number of aromatic nitrogens is 4. The van der Waals surface area contributed by atoms with Gasteiger partial charge in [-0.15, -0.1) is 0 Å². The number of carbonyl (C=O) groups is 2. The van der Waals surface area contributed by atoms with Gasteiger partial charge in [-0.25, -0.2) is 4.79 Å². The summed E-state index contributed by atoms with van der Waals surface area (Å²) < 4.78 is 11.6. The minimum Gasteiger partial charge on any atom is -0.454 e. The van der Waals surface area contributed by atoms with Crippen molar-refractivity contribution in [3.8, 4) is 0 Å². The van der Waals surface area contributed by atoms with Crippen LogP contribution in [-0.4, -0.2) is 78.0 Å². The highest BCUT2D eigenvalue weighted by Crippen LogP contribution is 2.37. The molecule has 0 aromatic carbocycles. The van der Waals surface area contributed by atoms with Crippen LogP contribution in [0.2, 0.25) is 0 Å². The van der Waals surface area contributed by atoms with Gasteiger partial charge in [0.15, 0.2) is 6.10 Å². The van der Waals surface area contributed by atoms with Gasteiger partial charge >= 0.3 is 11.7 Å². The molecule has 5 N–H and O–H groups in total. The Labute approximate surface area is 234 Å². The third-order valence-electron chi connectivity index (χ3n) is 6.71. The van der Waals surface area contributed by atoms with E-state index in [4.69, 9.17) is 15.2 Å². The van der Waals surface area contributed by atoms with Crippen molar-refractivity contribution in [1.29, 1.82) is 0 Å². The predicted octanol–water partition coefficient (Wildman–Crippen LogP) is -0.999. The van der Waals surface area contributed by atoms with Crippen molar-refractivity contribution in [3.05, 3.63) is 93.3 Å². The van der Waals surface area contributed by atoms with Crippen molar-refractivity contribution in [1.82, 2.24) is 24.4 Å². The highest BCUT2D eigenvalue weighted by Gasteiger charge is 2.62. The molecule has 14 heteroatoms. The first-order chi connectivity index (χ1) is 19.7. The number of nitrogens with two attached hydrogens (primary N) is 1. The Morgan fingerprint density at radius 1 is 1.07 bits per heavy atom. The molecule has 4 atom stereocenters. The average molecular weight is 569 g/mol. The van der Waals surface area contributed by atoms with E-state index in [1.54, 1.807) is 12.4 Å². The minimum absolute atomic E-state index is 0.0800. The number of aliphatic hydroxyl groups is 2. The van der Waals surface area contributed by atoms with Gasteiger partial charge in [-0.05, 0) is 43.7 Å². The molecule has 1 aliphatic heterocycles. The van der Waals surface area contributed by atoms with Crippen LogP contribution in [-0.2, 0) is 37.9 Å². The molecule has 4 rings (SSSR count). The first-order valence-electron chi connectivity index (χ1n) is 13.1. The molecule has 0 bridgehead atoms. The molecular formula is C27H32N6O8. The van der Waals surface area contributed by atoms with E-state index < -0.39 is 53.8 Å². The van der Waals surface area contributed by atoms with E-state index in [2.05, 4.69) is 14.9 Å². The van der Waals surface area contributed by atoms with Crippen LogP contribution in [0, 0.1) is 0 Å². The van der Waals surface area contributed by atoms with E-state index in [1.165, 1.54) is 0 Å². The summed E-state index contributed by atoms with van der Waals surface area (Å²) in [7, 11) is 0. The van der Waals surface area contributed by atoms with Gasteiger partial charge in [-0.1, -0.05) is 12.1 Å². The molecule has 1 saturated heterocycles. The first-order valence-corrected chi connectivity index (χ1v) is 13.1. The van der Waals surface area contributed by atoms with Crippen molar-refractivity contribution in [2.45, 2.75) is 56.4 Å². The number of rotatable bonds is 13. The number of nitrogens with one attached hydrogen (secondary N) is 1. The molecule has 1 fully saturated rings. The maximum Gasteiger partial charge on any atom is 0.331 e. The second kappa shape index (κ2) is 13.4. The maximum atomic E-state index is 12.9. The van der Waals surface area contributed by atoms with Crippen LogP contribution in [0.15, 0.2) is 70.6 Å². The fourth-order valence-electron chi connectivity index (χ4n) is 4.74. The zero-order valence-corrected chi connectivity index (χ0v) is 22.2. The minimum atomic E-state index is -2.49. The zero-order valence-electron chi connectivity index (χ0n) is 22.2. The summed E-state index contributed by atoms with van der Waals surface area (Å²) in [5.74, 6) is -2.04. The number of carbonyl (C=O) groups excluding carboxylic acids is 2. The number of primary amides is 1. The highest BCUT2D eigenvalue weighted by molar-refractivity contribution is 5.83. The van der Waals surface area contributed by atoms with E-state index in [9.17, 15) is 29.4 Å². The standard InChI is InChI=1S/C27H32N6O8/c28-25(38)27(33-14-10-21(35)31-26(33)39)24(23(37)20(17-34)41-27)40-22(36)9-3-6-13-32(15-18-7-1-4-11-29-18)16-19-8-2-5-12-30-19/h1-2,4-5,7-8,10-12,14,20,23-24,34,37H,3,6,9,13,15-17H2,(H2,28,38)(H,31,35,39). The Morgan fingerprint density at radius 2 is 1.73 bits per heavy atom. The summed E-state index contributed by atoms with van der Waals surface area (Å²) in [6.45, 7) is 1.00. The Balaban J connectivity index is 1.42. The zero-order chi connectivity index (χ0) is 29.4. The molecule has 1 aliphatic rings. The number of H-pyrrole nitrogens is 1. The van der Waals surface area contributed by atoms with Crippen molar-refractivity contribution >= 4 is 11.9 Å². The molecule has 0 radical (unpaired) electrons. The summed E-state index contributed by atoms with van der Waals surface area (Å²) >= 11 is 0. The third-order valence-corrected chi connectivity index (χ3v) is 6.71. The summed E-state index contributed by atoms with van der Waals surface area (Å²) in [6, 6.07) is 12.3. The van der Waals surface area contributed by atoms with E-state index in [0.717, 1.165) is 23.7 Å². The number of ether oxygens (including phenoxy) is 2. The van der Waals surface area contributed by atoms with Crippen LogP contribution in [0.3, 0.4) is 0 Å². The van der Waals surface area contributed by atoms with Gasteiger partial charge in [-0.2, -0.15) is 0 Å². The second-order valence-electron chi connectivity index (χ2n) is 9.59. The number of esters is 1. The topological polar surface area (TPSA) is 203 Å². The first kappa shape index (κ1) is 29.7. The smallest absolute Gasteiger partial charge is 0.331 e. The lowest BCUT2D eigenvalue weighted by atomic mass is 10.0. The normalized spacial score (nSPS) is 22.1. The molecule has 41 heavy (non-hydrogen) atoms. The van der Waals surface area contributed by atoms with Gasteiger partial charge in [0.1, 0.15) is 12.2 Å². The van der Waals surface area contributed by atoms with Crippen LogP contribution >= 0.6 is 0 Å². The van der Waals surface area contributed by atoms with Crippen LogP contribution in [0.4, 0.5) is 0 Å². The van der Waals surface area contributed by atoms with Gasteiger partial charge in [0, 0.05) is 44.2 Å². The summed E-state index contributed by atoms with van der Waals surface area (Å²) in [5.41, 5.74) is 3.03. The number of aliphatic hydroxyl groups excluding tert-OH is 2. The van der Waals surface area contributed by atoms with Crippen molar-refractivity contribution in [2.75, 3.05) is 13.2 Å². The van der Waals surface area contributed by atoms with Gasteiger partial charge < -0.3 is 25.4 Å². The molecular weight excluding hydrogens is 536 g/mol. The Kier molecular flexibility index (Phi) is 9.73. The van der Waals surface area contributed by atoms with E-state index in [0.29, 0.717) is 37.0 Å². The number of aromatic amines is 1. The lowest BCUT2D eigenvalue weighted by molar-refractivity contribution is -0.188. The molecule has 218 valence electrons. The molecule has 14 nitrogen and oxygen atoms in total. The van der Waals surface area contributed by atoms with E-state index >= 15 is 0 Å². The number of hydrogen-bond acceptors (Lipinski definition) is 11. The van der Waals surface area contributed by atoms with Crippen molar-refractivity contribution in [3.63, 3.8) is 0 Å².